The smallest absolute Gasteiger partial charge is 0.329 e. The van der Waals surface area contributed by atoms with Gasteiger partial charge in [-0.1, -0.05) is 49.6 Å². The quantitative estimate of drug-likeness (QED) is 0.751. The zero-order chi connectivity index (χ0) is 18.8. The summed E-state index contributed by atoms with van der Waals surface area (Å²) in [4.78, 5) is 37.6. The van der Waals surface area contributed by atoms with E-state index in [0.29, 0.717) is 13.1 Å². The Balaban J connectivity index is 1.88. The molecule has 26 heavy (non-hydrogen) atoms. The maximum absolute atomic E-state index is 12.3. The van der Waals surface area contributed by atoms with Crippen LogP contribution in [0, 0.1) is 0 Å². The molecule has 0 bridgehead atoms. The molecule has 0 radical (unpaired) electrons. The lowest BCUT2D eigenvalue weighted by molar-refractivity contribution is -0.153. The van der Waals surface area contributed by atoms with E-state index in [9.17, 15) is 14.4 Å². The van der Waals surface area contributed by atoms with Gasteiger partial charge in [0.15, 0.2) is 6.61 Å². The van der Waals surface area contributed by atoms with Crippen molar-refractivity contribution in [1.82, 2.24) is 10.2 Å². The third-order valence-electron chi connectivity index (χ3n) is 4.43. The zero-order valence-electron chi connectivity index (χ0n) is 15.0. The monoisotopic (exact) mass is 361 g/mol. The number of benzene rings is 1. The summed E-state index contributed by atoms with van der Waals surface area (Å²) in [6.07, 6.45) is 5.63. The highest BCUT2D eigenvalue weighted by Crippen LogP contribution is 2.11. The second-order valence-corrected chi connectivity index (χ2v) is 6.51. The third-order valence-corrected chi connectivity index (χ3v) is 4.43. The molecule has 7 heteroatoms. The molecule has 1 aromatic carbocycles. The van der Waals surface area contributed by atoms with E-state index >= 15 is 0 Å². The average Bonchev–Trinajstić information content (AvgIpc) is 2.59. The summed E-state index contributed by atoms with van der Waals surface area (Å²) in [5.41, 5.74) is 6.02. The number of urea groups is 1. The molecule has 142 valence electrons. The maximum atomic E-state index is 12.3. The lowest BCUT2D eigenvalue weighted by atomic mass is 10.1. The van der Waals surface area contributed by atoms with Crippen molar-refractivity contribution in [3.05, 3.63) is 35.9 Å². The Kier molecular flexibility index (Phi) is 7.92. The van der Waals surface area contributed by atoms with Crippen LogP contribution in [0.4, 0.5) is 4.79 Å². The van der Waals surface area contributed by atoms with Crippen LogP contribution in [0.25, 0.3) is 0 Å². The molecule has 1 aromatic rings. The van der Waals surface area contributed by atoms with Gasteiger partial charge in [-0.2, -0.15) is 0 Å². The van der Waals surface area contributed by atoms with Crippen LogP contribution >= 0.6 is 0 Å². The van der Waals surface area contributed by atoms with E-state index in [-0.39, 0.29) is 18.9 Å². The molecule has 1 fully saturated rings. The molecule has 1 saturated heterocycles. The minimum Gasteiger partial charge on any atom is -0.454 e. The second-order valence-electron chi connectivity index (χ2n) is 6.51. The molecular formula is C19H27N3O4. The number of amides is 3. The van der Waals surface area contributed by atoms with Crippen molar-refractivity contribution in [3.63, 3.8) is 0 Å². The molecule has 1 atom stereocenters. The van der Waals surface area contributed by atoms with Crippen LogP contribution < -0.4 is 11.1 Å². The lowest BCUT2D eigenvalue weighted by Gasteiger charge is -2.25. The fraction of sp³-hybridized carbons (Fsp3) is 0.526. The van der Waals surface area contributed by atoms with Crippen molar-refractivity contribution < 1.29 is 19.1 Å². The SMILES string of the molecule is NC(=O)N[C@@H](Cc1ccccc1)C(=O)OCC(=O)N1CCCCCCC1. The summed E-state index contributed by atoms with van der Waals surface area (Å²) in [7, 11) is 0. The Morgan fingerprint density at radius 1 is 1.04 bits per heavy atom. The number of ether oxygens (including phenoxy) is 1. The number of nitrogens with zero attached hydrogens (tertiary/aromatic N) is 1. The van der Waals surface area contributed by atoms with Gasteiger partial charge < -0.3 is 20.7 Å². The summed E-state index contributed by atoms with van der Waals surface area (Å²) in [6, 6.07) is 7.50. The van der Waals surface area contributed by atoms with Crippen molar-refractivity contribution in [3.8, 4) is 0 Å². The third kappa shape index (κ3) is 6.74. The molecule has 0 aromatic heterocycles. The van der Waals surface area contributed by atoms with Crippen LogP contribution in [0.1, 0.15) is 37.7 Å². The standard InChI is InChI=1S/C19H27N3O4/c20-19(25)21-16(13-15-9-5-4-6-10-15)18(24)26-14-17(23)22-11-7-2-1-3-8-12-22/h4-6,9-10,16H,1-3,7-8,11-14H2,(H3,20,21,25)/t16-/m0/s1. The van der Waals surface area contributed by atoms with Gasteiger partial charge in [-0.15, -0.1) is 0 Å². The van der Waals surface area contributed by atoms with Crippen molar-refractivity contribution in [1.29, 1.82) is 0 Å². The molecule has 2 rings (SSSR count). The fourth-order valence-corrected chi connectivity index (χ4v) is 3.04. The van der Waals surface area contributed by atoms with Gasteiger partial charge in [0.05, 0.1) is 0 Å². The minimum absolute atomic E-state index is 0.196. The number of likely N-dealkylation sites (tertiary alicyclic amines) is 1. The molecule has 0 unspecified atom stereocenters. The van der Waals surface area contributed by atoms with E-state index in [1.807, 2.05) is 30.3 Å². The number of rotatable bonds is 6. The highest BCUT2D eigenvalue weighted by Gasteiger charge is 2.24. The topological polar surface area (TPSA) is 102 Å². The average molecular weight is 361 g/mol. The number of nitrogens with two attached hydrogens (primary N) is 1. The Hall–Kier alpha value is -2.57. The minimum atomic E-state index is -0.921. The number of hydrogen-bond donors (Lipinski definition) is 2. The predicted molar refractivity (Wildman–Crippen MR) is 97.3 cm³/mol. The van der Waals surface area contributed by atoms with E-state index in [0.717, 1.165) is 31.2 Å². The summed E-state index contributed by atoms with van der Waals surface area (Å²) in [5, 5.41) is 2.39. The van der Waals surface area contributed by atoms with Gasteiger partial charge in [-0.3, -0.25) is 4.79 Å². The normalized spacial score (nSPS) is 16.1. The van der Waals surface area contributed by atoms with Crippen LogP contribution in [0.2, 0.25) is 0 Å². The number of carbonyl (C=O) groups is 3. The number of hydrogen-bond acceptors (Lipinski definition) is 4. The Bertz CT molecular complexity index is 598. The van der Waals surface area contributed by atoms with Crippen LogP contribution in [-0.4, -0.2) is 48.5 Å². The molecule has 1 aliphatic heterocycles. The molecule has 3 amide bonds. The van der Waals surface area contributed by atoms with Gasteiger partial charge in [0, 0.05) is 19.5 Å². The van der Waals surface area contributed by atoms with Gasteiger partial charge in [-0.25, -0.2) is 9.59 Å². The first-order valence-corrected chi connectivity index (χ1v) is 9.10. The molecule has 0 spiro atoms. The number of esters is 1. The van der Waals surface area contributed by atoms with Crippen molar-refractivity contribution in [2.75, 3.05) is 19.7 Å². The van der Waals surface area contributed by atoms with Crippen LogP contribution in [0.5, 0.6) is 0 Å². The lowest BCUT2D eigenvalue weighted by Crippen LogP contribution is -2.46. The zero-order valence-corrected chi connectivity index (χ0v) is 15.0. The molecule has 0 saturated carbocycles. The molecule has 1 aliphatic rings. The van der Waals surface area contributed by atoms with Crippen molar-refractivity contribution in [2.24, 2.45) is 5.73 Å². The van der Waals surface area contributed by atoms with E-state index in [4.69, 9.17) is 10.5 Å². The van der Waals surface area contributed by atoms with Crippen molar-refractivity contribution in [2.45, 2.75) is 44.6 Å². The first kappa shape index (κ1) is 19.8. The molecule has 0 aliphatic carbocycles. The Labute approximate surface area is 153 Å². The number of nitrogens with one attached hydrogen (secondary N) is 1. The van der Waals surface area contributed by atoms with E-state index in [1.54, 1.807) is 4.90 Å². The van der Waals surface area contributed by atoms with Gasteiger partial charge in [-0.05, 0) is 18.4 Å². The Morgan fingerprint density at radius 2 is 1.65 bits per heavy atom. The van der Waals surface area contributed by atoms with Crippen molar-refractivity contribution >= 4 is 17.9 Å². The van der Waals surface area contributed by atoms with Gasteiger partial charge in [0.2, 0.25) is 0 Å². The van der Waals surface area contributed by atoms with E-state index < -0.39 is 18.0 Å². The Morgan fingerprint density at radius 3 is 2.27 bits per heavy atom. The van der Waals surface area contributed by atoms with E-state index in [1.165, 1.54) is 6.42 Å². The first-order valence-electron chi connectivity index (χ1n) is 9.10. The molecule has 1 heterocycles. The fourth-order valence-electron chi connectivity index (χ4n) is 3.04. The van der Waals surface area contributed by atoms with Gasteiger partial charge >= 0.3 is 12.0 Å². The van der Waals surface area contributed by atoms with Gasteiger partial charge in [0.25, 0.3) is 5.91 Å². The molecular weight excluding hydrogens is 334 g/mol. The van der Waals surface area contributed by atoms with Crippen LogP contribution in [0.15, 0.2) is 30.3 Å². The maximum Gasteiger partial charge on any atom is 0.329 e. The second kappa shape index (κ2) is 10.4. The summed E-state index contributed by atoms with van der Waals surface area (Å²) in [6.45, 7) is 1.08. The summed E-state index contributed by atoms with van der Waals surface area (Å²) in [5.74, 6) is -0.856. The summed E-state index contributed by atoms with van der Waals surface area (Å²) < 4.78 is 5.16. The van der Waals surface area contributed by atoms with Crippen LogP contribution in [0.3, 0.4) is 0 Å². The van der Waals surface area contributed by atoms with Crippen LogP contribution in [-0.2, 0) is 20.7 Å². The predicted octanol–water partition coefficient (Wildman–Crippen LogP) is 1.60. The number of primary amides is 1. The first-order chi connectivity index (χ1) is 12.6. The highest BCUT2D eigenvalue weighted by molar-refractivity contribution is 5.85. The summed E-state index contributed by atoms with van der Waals surface area (Å²) >= 11 is 0. The van der Waals surface area contributed by atoms with E-state index in [2.05, 4.69) is 5.32 Å². The largest absolute Gasteiger partial charge is 0.454 e. The number of carbonyl (C=O) groups excluding carboxylic acids is 3. The van der Waals surface area contributed by atoms with Gasteiger partial charge in [0.1, 0.15) is 6.04 Å². The molecule has 7 nitrogen and oxygen atoms in total. The highest BCUT2D eigenvalue weighted by atomic mass is 16.5. The molecule has 3 N–H and O–H groups in total.